The lowest BCUT2D eigenvalue weighted by atomic mass is 9.77. The van der Waals surface area contributed by atoms with Gasteiger partial charge in [0, 0.05) is 41.2 Å². The Morgan fingerprint density at radius 3 is 2.12 bits per heavy atom. The van der Waals surface area contributed by atoms with Crippen LogP contribution < -0.4 is 14.2 Å². The van der Waals surface area contributed by atoms with Gasteiger partial charge in [0.15, 0.2) is 29.1 Å². The summed E-state index contributed by atoms with van der Waals surface area (Å²) in [4.78, 5) is 0. The Morgan fingerprint density at radius 2 is 1.43 bits per heavy atom. The molecule has 0 saturated carbocycles. The molecule has 0 unspecified atom stereocenters. The Hall–Kier alpha value is -5.00. The van der Waals surface area contributed by atoms with Crippen LogP contribution in [0.2, 0.25) is 0 Å². The summed E-state index contributed by atoms with van der Waals surface area (Å²) in [5, 5.41) is 84.8. The molecule has 8 N–H and O–H groups in total. The van der Waals surface area contributed by atoms with Crippen molar-refractivity contribution in [1.29, 1.82) is 0 Å². The maximum Gasteiger partial charge on any atom is 0.160 e. The Kier molecular flexibility index (Phi) is 6.55. The molecule has 0 saturated heterocycles. The van der Waals surface area contributed by atoms with Crippen LogP contribution in [0.1, 0.15) is 45.9 Å². The Labute approximate surface area is 239 Å². The number of aliphatic hydroxyl groups is 2. The van der Waals surface area contributed by atoms with Gasteiger partial charge < -0.3 is 55.1 Å². The predicted molar refractivity (Wildman–Crippen MR) is 147 cm³/mol. The van der Waals surface area contributed by atoms with Gasteiger partial charge in [0.2, 0.25) is 0 Å². The molecule has 0 aliphatic carbocycles. The molecule has 2 heterocycles. The highest BCUT2D eigenvalue weighted by molar-refractivity contribution is 5.64. The maximum absolute atomic E-state index is 11.8. The molecule has 11 heteroatoms. The lowest BCUT2D eigenvalue weighted by molar-refractivity contribution is -0.00286. The van der Waals surface area contributed by atoms with Gasteiger partial charge in [-0.2, -0.15) is 0 Å². The van der Waals surface area contributed by atoms with Crippen molar-refractivity contribution in [2.24, 2.45) is 0 Å². The van der Waals surface area contributed by atoms with Gasteiger partial charge >= 0.3 is 0 Å². The number of phenols is 6. The summed E-state index contributed by atoms with van der Waals surface area (Å²) in [6, 6.07) is 13.7. The van der Waals surface area contributed by atoms with Crippen molar-refractivity contribution in [1.82, 2.24) is 0 Å². The lowest BCUT2D eigenvalue weighted by Gasteiger charge is -2.41. The Morgan fingerprint density at radius 1 is 0.690 bits per heavy atom. The summed E-state index contributed by atoms with van der Waals surface area (Å²) in [7, 11) is 1.41. The zero-order valence-corrected chi connectivity index (χ0v) is 22.2. The van der Waals surface area contributed by atoms with Gasteiger partial charge in [-0.25, -0.2) is 0 Å². The standard InChI is InChI=1S/C31H28O11/c1-40-24-7-3-14(9-22(24)37)29-23(38)11-17-20(35)12-25-27(30(17)42-29)26(13-2-6-18(33)21(36)8-13)28(39)31(41-25)16-5-4-15(32)10-19(16)34/h2-10,12,23,26,28-29,31-39H,11H2,1H3/t23-,26-,28+,29+,31-/m0/s1. The molecule has 11 nitrogen and oxygen atoms in total. The predicted octanol–water partition coefficient (Wildman–Crippen LogP) is 3.59. The molecule has 0 amide bonds. The van der Waals surface area contributed by atoms with E-state index in [1.54, 1.807) is 6.07 Å². The fourth-order valence-electron chi connectivity index (χ4n) is 5.77. The minimum atomic E-state index is -1.41. The van der Waals surface area contributed by atoms with Crippen molar-refractivity contribution in [3.8, 4) is 51.7 Å². The van der Waals surface area contributed by atoms with Crippen LogP contribution in [0.3, 0.4) is 0 Å². The van der Waals surface area contributed by atoms with Crippen LogP contribution in [0.15, 0.2) is 60.7 Å². The first kappa shape index (κ1) is 27.2. The third kappa shape index (κ3) is 4.39. The molecule has 0 fully saturated rings. The normalized spacial score (nSPS) is 22.8. The second-order valence-corrected chi connectivity index (χ2v) is 10.4. The van der Waals surface area contributed by atoms with E-state index < -0.39 is 36.1 Å². The fraction of sp³-hybridized carbons (Fsp3) is 0.226. The van der Waals surface area contributed by atoms with Gasteiger partial charge in [0.05, 0.1) is 13.2 Å². The maximum atomic E-state index is 11.8. The van der Waals surface area contributed by atoms with E-state index in [0.29, 0.717) is 16.7 Å². The van der Waals surface area contributed by atoms with Crippen molar-refractivity contribution in [3.05, 3.63) is 88.5 Å². The Balaban J connectivity index is 1.53. The first-order valence-electron chi connectivity index (χ1n) is 13.1. The molecule has 218 valence electrons. The number of benzene rings is 4. The van der Waals surface area contributed by atoms with Crippen LogP contribution in [0.5, 0.6) is 51.7 Å². The quantitative estimate of drug-likeness (QED) is 0.166. The van der Waals surface area contributed by atoms with E-state index in [-0.39, 0.29) is 63.5 Å². The summed E-state index contributed by atoms with van der Waals surface area (Å²) in [6.07, 6.45) is -4.77. The molecular formula is C31H28O11. The third-order valence-electron chi connectivity index (χ3n) is 7.80. The summed E-state index contributed by atoms with van der Waals surface area (Å²) in [6.45, 7) is 0. The van der Waals surface area contributed by atoms with Crippen molar-refractivity contribution in [2.45, 2.75) is 36.8 Å². The number of fused-ring (bicyclic) bond motifs is 3. The van der Waals surface area contributed by atoms with E-state index in [0.717, 1.165) is 6.07 Å². The van der Waals surface area contributed by atoms with Crippen LogP contribution in [0.4, 0.5) is 0 Å². The second kappa shape index (κ2) is 10.1. The lowest BCUT2D eigenvalue weighted by Crippen LogP contribution is -2.37. The van der Waals surface area contributed by atoms with Crippen LogP contribution >= 0.6 is 0 Å². The Bertz CT molecular complexity index is 1680. The minimum absolute atomic E-state index is 0.0439. The van der Waals surface area contributed by atoms with E-state index in [4.69, 9.17) is 14.2 Å². The van der Waals surface area contributed by atoms with E-state index in [1.807, 2.05) is 0 Å². The monoisotopic (exact) mass is 576 g/mol. The van der Waals surface area contributed by atoms with Crippen molar-refractivity contribution in [3.63, 3.8) is 0 Å². The van der Waals surface area contributed by atoms with Crippen LogP contribution in [0, 0.1) is 0 Å². The van der Waals surface area contributed by atoms with Crippen LogP contribution in [0.25, 0.3) is 0 Å². The highest BCUT2D eigenvalue weighted by atomic mass is 16.5. The zero-order chi connectivity index (χ0) is 29.9. The average Bonchev–Trinajstić information content (AvgIpc) is 2.95. The van der Waals surface area contributed by atoms with Gasteiger partial charge in [-0.3, -0.25) is 0 Å². The minimum Gasteiger partial charge on any atom is -0.508 e. The smallest absolute Gasteiger partial charge is 0.160 e. The fourth-order valence-corrected chi connectivity index (χ4v) is 5.77. The van der Waals surface area contributed by atoms with Crippen molar-refractivity contribution < 1.29 is 55.1 Å². The van der Waals surface area contributed by atoms with Gasteiger partial charge in [-0.15, -0.1) is 0 Å². The molecule has 2 aliphatic heterocycles. The molecule has 5 atom stereocenters. The van der Waals surface area contributed by atoms with Gasteiger partial charge in [0.25, 0.3) is 0 Å². The van der Waals surface area contributed by atoms with Gasteiger partial charge in [-0.05, 0) is 47.5 Å². The summed E-state index contributed by atoms with van der Waals surface area (Å²) >= 11 is 0. The highest BCUT2D eigenvalue weighted by Crippen LogP contribution is 2.56. The van der Waals surface area contributed by atoms with Crippen LogP contribution in [-0.4, -0.2) is 60.2 Å². The third-order valence-corrected chi connectivity index (χ3v) is 7.80. The molecule has 42 heavy (non-hydrogen) atoms. The van der Waals surface area contributed by atoms with Crippen molar-refractivity contribution >= 4 is 0 Å². The molecule has 0 spiro atoms. The molecule has 0 aromatic heterocycles. The van der Waals surface area contributed by atoms with E-state index >= 15 is 0 Å². The SMILES string of the molecule is COc1ccc([C@H]2Oc3c(c(O)cc4c3[C@H](c3ccc(O)c(O)c3)[C@@H](O)[C@H](c3ccc(O)cc3O)O4)C[C@@H]2O)cc1O. The first-order valence-corrected chi connectivity index (χ1v) is 13.1. The number of methoxy groups -OCH3 is 1. The number of phenolic OH excluding ortho intramolecular Hbond substituents is 6. The van der Waals surface area contributed by atoms with E-state index in [9.17, 15) is 40.9 Å². The van der Waals surface area contributed by atoms with Crippen LogP contribution in [-0.2, 0) is 6.42 Å². The number of aromatic hydroxyl groups is 6. The number of ether oxygens (including phenoxy) is 3. The molecule has 4 aromatic rings. The molecule has 6 rings (SSSR count). The highest BCUT2D eigenvalue weighted by Gasteiger charge is 2.45. The second-order valence-electron chi connectivity index (χ2n) is 10.4. The molecule has 0 radical (unpaired) electrons. The number of aliphatic hydroxyl groups excluding tert-OH is 2. The van der Waals surface area contributed by atoms with E-state index in [2.05, 4.69) is 0 Å². The van der Waals surface area contributed by atoms with Gasteiger partial charge in [0.1, 0.15) is 41.0 Å². The molecule has 2 aliphatic rings. The number of hydrogen-bond donors (Lipinski definition) is 8. The molecule has 0 bridgehead atoms. The van der Waals surface area contributed by atoms with Gasteiger partial charge in [-0.1, -0.05) is 12.1 Å². The van der Waals surface area contributed by atoms with E-state index in [1.165, 1.54) is 55.6 Å². The largest absolute Gasteiger partial charge is 0.508 e. The topological polar surface area (TPSA) is 190 Å². The summed E-state index contributed by atoms with van der Waals surface area (Å²) in [5.41, 5.74) is 1.48. The number of rotatable bonds is 4. The summed E-state index contributed by atoms with van der Waals surface area (Å²) in [5.74, 6) is -2.29. The van der Waals surface area contributed by atoms with Crippen molar-refractivity contribution in [2.75, 3.05) is 7.11 Å². The summed E-state index contributed by atoms with van der Waals surface area (Å²) < 4.78 is 17.6. The molecular weight excluding hydrogens is 548 g/mol. The molecule has 4 aromatic carbocycles. The zero-order valence-electron chi connectivity index (χ0n) is 22.2. The first-order chi connectivity index (χ1) is 20.1. The average molecular weight is 577 g/mol. The number of hydrogen-bond acceptors (Lipinski definition) is 11.